The molecule has 1 aromatic heterocycles. The van der Waals surface area contributed by atoms with Crippen molar-refractivity contribution >= 4 is 23.5 Å². The van der Waals surface area contributed by atoms with Crippen LogP contribution in [0.15, 0.2) is 48.8 Å². The molecule has 0 spiro atoms. The Kier molecular flexibility index (Phi) is 5.49. The van der Waals surface area contributed by atoms with E-state index in [1.165, 1.54) is 24.5 Å². The van der Waals surface area contributed by atoms with Crippen molar-refractivity contribution in [2.24, 2.45) is 0 Å². The van der Waals surface area contributed by atoms with Crippen LogP contribution in [0.5, 0.6) is 0 Å². The third kappa shape index (κ3) is 4.30. The fourth-order valence-electron chi connectivity index (χ4n) is 1.89. The van der Waals surface area contributed by atoms with Crippen LogP contribution in [-0.2, 0) is 9.53 Å². The Balaban J connectivity index is 1.86. The van der Waals surface area contributed by atoms with Gasteiger partial charge in [-0.25, -0.2) is 4.79 Å². The summed E-state index contributed by atoms with van der Waals surface area (Å²) in [5.74, 6) is -0.960. The van der Waals surface area contributed by atoms with E-state index in [9.17, 15) is 9.59 Å². The number of pyridine rings is 1. The minimum Gasteiger partial charge on any atom is -0.452 e. The Morgan fingerprint density at radius 1 is 1.23 bits per heavy atom. The molecule has 0 bridgehead atoms. The summed E-state index contributed by atoms with van der Waals surface area (Å²) in [6.07, 6.45) is 2.96. The van der Waals surface area contributed by atoms with Gasteiger partial charge in [-0.2, -0.15) is 0 Å². The number of esters is 1. The van der Waals surface area contributed by atoms with E-state index >= 15 is 0 Å². The zero-order valence-electron chi connectivity index (χ0n) is 12.0. The molecule has 5 nitrogen and oxygen atoms in total. The number of halogens is 1. The van der Waals surface area contributed by atoms with Crippen molar-refractivity contribution < 1.29 is 14.3 Å². The smallest absolute Gasteiger partial charge is 0.338 e. The summed E-state index contributed by atoms with van der Waals surface area (Å²) >= 11 is 6.07. The largest absolute Gasteiger partial charge is 0.452 e. The third-order valence-corrected chi connectivity index (χ3v) is 3.34. The van der Waals surface area contributed by atoms with E-state index in [0.717, 1.165) is 5.56 Å². The lowest BCUT2D eigenvalue weighted by atomic mass is 10.1. The molecule has 1 heterocycles. The SMILES string of the molecule is C[C@@H](NC(=O)COC(=O)c1ccncc1)c1ccccc1Cl. The first-order valence-corrected chi connectivity index (χ1v) is 7.06. The van der Waals surface area contributed by atoms with E-state index in [1.54, 1.807) is 6.07 Å². The van der Waals surface area contributed by atoms with Crippen LogP contribution >= 0.6 is 11.6 Å². The zero-order valence-corrected chi connectivity index (χ0v) is 12.7. The first-order valence-electron chi connectivity index (χ1n) is 6.69. The predicted molar refractivity (Wildman–Crippen MR) is 82.5 cm³/mol. The summed E-state index contributed by atoms with van der Waals surface area (Å²) in [4.78, 5) is 27.3. The number of carbonyl (C=O) groups excluding carboxylic acids is 2. The van der Waals surface area contributed by atoms with Crippen LogP contribution in [0.1, 0.15) is 28.9 Å². The molecule has 22 heavy (non-hydrogen) atoms. The average Bonchev–Trinajstić information content (AvgIpc) is 2.53. The second-order valence-corrected chi connectivity index (χ2v) is 5.03. The highest BCUT2D eigenvalue weighted by Crippen LogP contribution is 2.21. The van der Waals surface area contributed by atoms with E-state index in [0.29, 0.717) is 10.6 Å². The van der Waals surface area contributed by atoms with Crippen LogP contribution in [0.25, 0.3) is 0 Å². The summed E-state index contributed by atoms with van der Waals surface area (Å²) in [6, 6.07) is 10.0. The van der Waals surface area contributed by atoms with Gasteiger partial charge in [-0.1, -0.05) is 29.8 Å². The van der Waals surface area contributed by atoms with Gasteiger partial charge in [0, 0.05) is 17.4 Å². The van der Waals surface area contributed by atoms with Crippen LogP contribution in [0.4, 0.5) is 0 Å². The molecule has 1 N–H and O–H groups in total. The number of amides is 1. The van der Waals surface area contributed by atoms with Gasteiger partial charge in [-0.15, -0.1) is 0 Å². The van der Waals surface area contributed by atoms with Crippen LogP contribution in [0.2, 0.25) is 5.02 Å². The van der Waals surface area contributed by atoms with Gasteiger partial charge < -0.3 is 10.1 Å². The molecule has 1 atom stereocenters. The zero-order chi connectivity index (χ0) is 15.9. The highest BCUT2D eigenvalue weighted by molar-refractivity contribution is 6.31. The Labute approximate surface area is 133 Å². The summed E-state index contributed by atoms with van der Waals surface area (Å²) < 4.78 is 4.95. The maximum Gasteiger partial charge on any atom is 0.338 e. The fourth-order valence-corrected chi connectivity index (χ4v) is 2.19. The molecule has 0 fully saturated rings. The van der Waals surface area contributed by atoms with Crippen LogP contribution < -0.4 is 5.32 Å². The van der Waals surface area contributed by atoms with Crippen LogP contribution in [0.3, 0.4) is 0 Å². The van der Waals surface area contributed by atoms with Gasteiger partial charge in [0.25, 0.3) is 5.91 Å². The number of nitrogens with zero attached hydrogens (tertiary/aromatic N) is 1. The number of hydrogen-bond acceptors (Lipinski definition) is 4. The highest BCUT2D eigenvalue weighted by Gasteiger charge is 2.14. The van der Waals surface area contributed by atoms with Gasteiger partial charge in [0.05, 0.1) is 11.6 Å². The van der Waals surface area contributed by atoms with E-state index in [4.69, 9.17) is 16.3 Å². The second kappa shape index (κ2) is 7.56. The lowest BCUT2D eigenvalue weighted by Gasteiger charge is -2.15. The van der Waals surface area contributed by atoms with Crippen molar-refractivity contribution in [1.29, 1.82) is 0 Å². The quantitative estimate of drug-likeness (QED) is 0.861. The van der Waals surface area contributed by atoms with Gasteiger partial charge in [0.2, 0.25) is 0 Å². The maximum atomic E-state index is 11.8. The topological polar surface area (TPSA) is 68.3 Å². The molecule has 2 rings (SSSR count). The standard InChI is InChI=1S/C16H15ClN2O3/c1-11(13-4-2-3-5-14(13)17)19-15(20)10-22-16(21)12-6-8-18-9-7-12/h2-9,11H,10H2,1H3,(H,19,20)/t11-/m1/s1. The summed E-state index contributed by atoms with van der Waals surface area (Å²) in [5, 5.41) is 3.30. The molecule has 0 aliphatic heterocycles. The monoisotopic (exact) mass is 318 g/mol. The van der Waals surface area contributed by atoms with Crippen molar-refractivity contribution in [1.82, 2.24) is 10.3 Å². The normalized spacial score (nSPS) is 11.5. The number of benzene rings is 1. The number of aromatic nitrogens is 1. The lowest BCUT2D eigenvalue weighted by Crippen LogP contribution is -2.31. The van der Waals surface area contributed by atoms with Crippen molar-refractivity contribution in [3.8, 4) is 0 Å². The Hall–Kier alpha value is -2.40. The molecular formula is C16H15ClN2O3. The predicted octanol–water partition coefficient (Wildman–Crippen LogP) is 2.77. The van der Waals surface area contributed by atoms with Crippen LogP contribution in [-0.4, -0.2) is 23.5 Å². The van der Waals surface area contributed by atoms with Gasteiger partial charge >= 0.3 is 5.97 Å². The number of rotatable bonds is 5. The molecule has 1 aromatic carbocycles. The first-order chi connectivity index (χ1) is 10.6. The van der Waals surface area contributed by atoms with E-state index in [-0.39, 0.29) is 12.6 Å². The maximum absolute atomic E-state index is 11.8. The molecule has 6 heteroatoms. The molecule has 0 aliphatic carbocycles. The fraction of sp³-hybridized carbons (Fsp3) is 0.188. The third-order valence-electron chi connectivity index (χ3n) is 3.00. The Morgan fingerprint density at radius 2 is 1.91 bits per heavy atom. The molecule has 114 valence electrons. The lowest BCUT2D eigenvalue weighted by molar-refractivity contribution is -0.124. The van der Waals surface area contributed by atoms with Crippen molar-refractivity contribution in [2.45, 2.75) is 13.0 Å². The van der Waals surface area contributed by atoms with Crippen molar-refractivity contribution in [3.63, 3.8) is 0 Å². The summed E-state index contributed by atoms with van der Waals surface area (Å²) in [6.45, 7) is 1.46. The van der Waals surface area contributed by atoms with E-state index in [1.807, 2.05) is 25.1 Å². The van der Waals surface area contributed by atoms with Gasteiger partial charge in [-0.3, -0.25) is 9.78 Å². The van der Waals surface area contributed by atoms with E-state index < -0.39 is 11.9 Å². The second-order valence-electron chi connectivity index (χ2n) is 4.62. The van der Waals surface area contributed by atoms with Crippen molar-refractivity contribution in [2.75, 3.05) is 6.61 Å². The summed E-state index contributed by atoms with van der Waals surface area (Å²) in [7, 11) is 0. The number of nitrogens with one attached hydrogen (secondary N) is 1. The molecule has 0 saturated heterocycles. The van der Waals surface area contributed by atoms with Gasteiger partial charge in [0.15, 0.2) is 6.61 Å². The average molecular weight is 319 g/mol. The summed E-state index contributed by atoms with van der Waals surface area (Å²) in [5.41, 5.74) is 1.15. The van der Waals surface area contributed by atoms with Gasteiger partial charge in [-0.05, 0) is 30.7 Å². The first kappa shape index (κ1) is 16.0. The highest BCUT2D eigenvalue weighted by atomic mass is 35.5. The molecule has 0 radical (unpaired) electrons. The number of carbonyl (C=O) groups is 2. The van der Waals surface area contributed by atoms with E-state index in [2.05, 4.69) is 10.3 Å². The van der Waals surface area contributed by atoms with Gasteiger partial charge in [0.1, 0.15) is 0 Å². The Bertz CT molecular complexity index is 661. The van der Waals surface area contributed by atoms with Crippen molar-refractivity contribution in [3.05, 3.63) is 64.9 Å². The minimum atomic E-state index is -0.567. The number of ether oxygens (including phenoxy) is 1. The number of hydrogen-bond donors (Lipinski definition) is 1. The van der Waals surface area contributed by atoms with Crippen LogP contribution in [0, 0.1) is 0 Å². The molecule has 0 saturated carbocycles. The Morgan fingerprint density at radius 3 is 2.59 bits per heavy atom. The molecule has 2 aromatic rings. The molecule has 0 unspecified atom stereocenters. The molecule has 1 amide bonds. The molecule has 0 aliphatic rings. The minimum absolute atomic E-state index is 0.277. The molecular weight excluding hydrogens is 304 g/mol.